The van der Waals surface area contributed by atoms with Gasteiger partial charge in [-0.15, -0.1) is 11.3 Å². The van der Waals surface area contributed by atoms with Gasteiger partial charge in [-0.25, -0.2) is 4.98 Å². The van der Waals surface area contributed by atoms with Crippen LogP contribution in [0.2, 0.25) is 0 Å². The van der Waals surface area contributed by atoms with E-state index in [2.05, 4.69) is 12.2 Å². The van der Waals surface area contributed by atoms with E-state index < -0.39 is 4.92 Å². The molecule has 4 aromatic rings. The van der Waals surface area contributed by atoms with Gasteiger partial charge in [0.05, 0.1) is 29.0 Å². The smallest absolute Gasteiger partial charge is 0.269 e. The number of carbonyl (C=O) groups excluding carboxylic acids is 1. The molecule has 2 aromatic carbocycles. The summed E-state index contributed by atoms with van der Waals surface area (Å²) >= 11 is 1.53. The number of nitrogens with one attached hydrogen (secondary N) is 1. The maximum Gasteiger partial charge on any atom is 0.269 e. The van der Waals surface area contributed by atoms with Crippen LogP contribution in [0.5, 0.6) is 5.75 Å². The van der Waals surface area contributed by atoms with Gasteiger partial charge in [0.2, 0.25) is 0 Å². The molecule has 8 nitrogen and oxygen atoms in total. The van der Waals surface area contributed by atoms with Gasteiger partial charge in [-0.2, -0.15) is 0 Å². The van der Waals surface area contributed by atoms with E-state index in [1.807, 2.05) is 47.2 Å². The van der Waals surface area contributed by atoms with Crippen LogP contribution in [0, 0.1) is 17.0 Å². The summed E-state index contributed by atoms with van der Waals surface area (Å²) in [5.41, 5.74) is 4.92. The highest BCUT2D eigenvalue weighted by molar-refractivity contribution is 7.13. The fraction of sp³-hybridized carbons (Fsp3) is 0.259. The highest BCUT2D eigenvalue weighted by Gasteiger charge is 2.21. The third-order valence-corrected chi connectivity index (χ3v) is 6.91. The Morgan fingerprint density at radius 3 is 2.53 bits per heavy atom. The maximum absolute atomic E-state index is 13.0. The highest BCUT2D eigenvalue weighted by atomic mass is 32.1. The molecule has 0 unspecified atom stereocenters. The Morgan fingerprint density at radius 2 is 1.89 bits per heavy atom. The Kier molecular flexibility index (Phi) is 7.80. The molecule has 0 aliphatic rings. The van der Waals surface area contributed by atoms with Crippen LogP contribution >= 0.6 is 11.3 Å². The highest BCUT2D eigenvalue weighted by Crippen LogP contribution is 2.33. The van der Waals surface area contributed by atoms with Gasteiger partial charge >= 0.3 is 0 Å². The molecule has 2 aromatic heterocycles. The SMILES string of the molecule is CCCCNC(=O)c1cc(-c2csc(-c3ccc(OC)cc3)n2)n(Cc2ccc([N+](=O)[O-])cc2)c1C. The lowest BCUT2D eigenvalue weighted by molar-refractivity contribution is -0.384. The number of hydrogen-bond donors (Lipinski definition) is 1. The summed E-state index contributed by atoms with van der Waals surface area (Å²) in [4.78, 5) is 28.5. The zero-order chi connectivity index (χ0) is 25.7. The number of nitro groups is 1. The van der Waals surface area contributed by atoms with Crippen LogP contribution in [-0.2, 0) is 6.54 Å². The molecule has 0 aliphatic carbocycles. The third kappa shape index (κ3) is 5.46. The van der Waals surface area contributed by atoms with Gasteiger partial charge in [-0.1, -0.05) is 25.5 Å². The Bertz CT molecular complexity index is 1360. The van der Waals surface area contributed by atoms with E-state index in [0.29, 0.717) is 18.7 Å². The number of ether oxygens (including phenoxy) is 1. The summed E-state index contributed by atoms with van der Waals surface area (Å²) < 4.78 is 7.29. The molecule has 0 atom stereocenters. The first-order valence-electron chi connectivity index (χ1n) is 11.7. The number of non-ortho nitro benzene ring substituents is 1. The quantitative estimate of drug-likeness (QED) is 0.160. The van der Waals surface area contributed by atoms with Gasteiger partial charge in [0, 0.05) is 41.9 Å². The Hall–Kier alpha value is -3.98. The fourth-order valence-electron chi connectivity index (χ4n) is 3.93. The first kappa shape index (κ1) is 25.1. The van der Waals surface area contributed by atoms with Crippen molar-refractivity contribution in [1.29, 1.82) is 0 Å². The first-order valence-corrected chi connectivity index (χ1v) is 12.6. The Balaban J connectivity index is 1.70. The third-order valence-electron chi connectivity index (χ3n) is 6.02. The van der Waals surface area contributed by atoms with Crippen molar-refractivity contribution < 1.29 is 14.5 Å². The number of aromatic nitrogens is 2. The van der Waals surface area contributed by atoms with E-state index in [1.165, 1.54) is 23.5 Å². The molecule has 2 heterocycles. The molecule has 0 fully saturated rings. The number of amides is 1. The standard InChI is InChI=1S/C27H28N4O4S/c1-4-5-14-28-26(32)23-15-25(24-17-36-27(29-24)20-8-12-22(35-3)13-9-20)30(18(23)2)16-19-6-10-21(11-7-19)31(33)34/h6-13,15,17H,4-5,14,16H2,1-3H3,(H,28,32). The van der Waals surface area contributed by atoms with Crippen molar-refractivity contribution in [2.75, 3.05) is 13.7 Å². The lowest BCUT2D eigenvalue weighted by atomic mass is 10.2. The molecule has 4 rings (SSSR count). The molecule has 0 saturated carbocycles. The molecule has 186 valence electrons. The molecule has 1 amide bonds. The predicted octanol–water partition coefficient (Wildman–Crippen LogP) is 6.08. The second-order valence-electron chi connectivity index (χ2n) is 8.41. The summed E-state index contributed by atoms with van der Waals surface area (Å²) in [6.07, 6.45) is 1.91. The molecular weight excluding hydrogens is 476 g/mol. The van der Waals surface area contributed by atoms with E-state index in [-0.39, 0.29) is 11.6 Å². The van der Waals surface area contributed by atoms with E-state index in [4.69, 9.17) is 9.72 Å². The van der Waals surface area contributed by atoms with Gasteiger partial charge in [-0.05, 0) is 49.2 Å². The van der Waals surface area contributed by atoms with Crippen LogP contribution in [0.15, 0.2) is 60.0 Å². The van der Waals surface area contributed by atoms with Crippen molar-refractivity contribution in [3.63, 3.8) is 0 Å². The van der Waals surface area contributed by atoms with Crippen molar-refractivity contribution >= 4 is 22.9 Å². The molecule has 1 N–H and O–H groups in total. The summed E-state index contributed by atoms with van der Waals surface area (Å²) in [7, 11) is 1.63. The molecule has 9 heteroatoms. The van der Waals surface area contributed by atoms with Crippen LogP contribution in [-0.4, -0.2) is 34.0 Å². The van der Waals surface area contributed by atoms with Crippen LogP contribution in [0.1, 0.15) is 41.4 Å². The molecule has 0 aliphatic heterocycles. The number of hydrogen-bond acceptors (Lipinski definition) is 6. The van der Waals surface area contributed by atoms with Crippen LogP contribution in [0.4, 0.5) is 5.69 Å². The largest absolute Gasteiger partial charge is 0.497 e. The van der Waals surface area contributed by atoms with E-state index >= 15 is 0 Å². The maximum atomic E-state index is 13.0. The molecule has 0 saturated heterocycles. The minimum absolute atomic E-state index is 0.0443. The number of methoxy groups -OCH3 is 1. The molecular formula is C27H28N4O4S. The normalized spacial score (nSPS) is 10.9. The number of nitrogens with zero attached hydrogens (tertiary/aromatic N) is 3. The molecule has 0 bridgehead atoms. The van der Waals surface area contributed by atoms with Crippen molar-refractivity contribution in [3.05, 3.63) is 86.9 Å². The molecule has 0 spiro atoms. The molecule has 0 radical (unpaired) electrons. The number of benzene rings is 2. The van der Waals surface area contributed by atoms with E-state index in [1.54, 1.807) is 19.2 Å². The van der Waals surface area contributed by atoms with Gasteiger partial charge in [0.15, 0.2) is 0 Å². The van der Waals surface area contributed by atoms with Crippen LogP contribution < -0.4 is 10.1 Å². The average molecular weight is 505 g/mol. The van der Waals surface area contributed by atoms with Crippen molar-refractivity contribution in [1.82, 2.24) is 14.9 Å². The Labute approximate surface area is 213 Å². The minimum atomic E-state index is -0.412. The van der Waals surface area contributed by atoms with Gasteiger partial charge in [0.1, 0.15) is 10.8 Å². The van der Waals surface area contributed by atoms with Crippen molar-refractivity contribution in [2.45, 2.75) is 33.2 Å². The topological polar surface area (TPSA) is 99.3 Å². The number of rotatable bonds is 10. The van der Waals surface area contributed by atoms with Crippen LogP contribution in [0.3, 0.4) is 0 Å². The zero-order valence-corrected chi connectivity index (χ0v) is 21.3. The van der Waals surface area contributed by atoms with Crippen molar-refractivity contribution in [2.24, 2.45) is 0 Å². The van der Waals surface area contributed by atoms with Crippen molar-refractivity contribution in [3.8, 4) is 27.7 Å². The number of thiazole rings is 1. The molecule has 36 heavy (non-hydrogen) atoms. The number of unbranched alkanes of at least 4 members (excludes halogenated alkanes) is 1. The van der Waals surface area contributed by atoms with E-state index in [0.717, 1.165) is 51.8 Å². The average Bonchev–Trinajstić information content (AvgIpc) is 3.50. The first-order chi connectivity index (χ1) is 17.4. The monoisotopic (exact) mass is 504 g/mol. The summed E-state index contributed by atoms with van der Waals surface area (Å²) in [5, 5.41) is 16.9. The Morgan fingerprint density at radius 1 is 1.17 bits per heavy atom. The second kappa shape index (κ2) is 11.2. The van der Waals surface area contributed by atoms with Gasteiger partial charge in [0.25, 0.3) is 11.6 Å². The van der Waals surface area contributed by atoms with Gasteiger partial charge < -0.3 is 14.6 Å². The van der Waals surface area contributed by atoms with Gasteiger partial charge in [-0.3, -0.25) is 14.9 Å². The zero-order valence-electron chi connectivity index (χ0n) is 20.5. The lowest BCUT2D eigenvalue weighted by Gasteiger charge is -2.11. The number of carbonyl (C=O) groups is 1. The van der Waals surface area contributed by atoms with Crippen LogP contribution in [0.25, 0.3) is 22.0 Å². The summed E-state index contributed by atoms with van der Waals surface area (Å²) in [6.45, 7) is 5.08. The van der Waals surface area contributed by atoms with E-state index in [9.17, 15) is 14.9 Å². The summed E-state index contributed by atoms with van der Waals surface area (Å²) in [5.74, 6) is 0.664. The summed E-state index contributed by atoms with van der Waals surface area (Å²) in [6, 6.07) is 16.1. The second-order valence-corrected chi connectivity index (χ2v) is 9.27. The lowest BCUT2D eigenvalue weighted by Crippen LogP contribution is -2.24. The number of nitro benzene ring substituents is 1. The predicted molar refractivity (Wildman–Crippen MR) is 142 cm³/mol. The fourth-order valence-corrected chi connectivity index (χ4v) is 4.75. The minimum Gasteiger partial charge on any atom is -0.497 e.